The Morgan fingerprint density at radius 2 is 1.77 bits per heavy atom. The summed E-state index contributed by atoms with van der Waals surface area (Å²) < 4.78 is 24.0. The molecular weight excluding hydrogens is 337 g/mol. The third kappa shape index (κ3) is 6.20. The fourth-order valence-electron chi connectivity index (χ4n) is 2.18. The van der Waals surface area contributed by atoms with Crippen LogP contribution in [0.1, 0.15) is 30.1 Å². The monoisotopic (exact) mass is 359 g/mol. The summed E-state index contributed by atoms with van der Waals surface area (Å²) in [4.78, 5) is 23.3. The van der Waals surface area contributed by atoms with Gasteiger partial charge in [-0.15, -0.1) is 0 Å². The number of benzene rings is 2. The molecule has 0 fully saturated rings. The zero-order valence-electron chi connectivity index (χ0n) is 14.7. The number of nitrogens with one attached hydrogen (secondary N) is 1. The van der Waals surface area contributed by atoms with E-state index in [1.165, 1.54) is 6.07 Å². The molecule has 138 valence electrons. The minimum atomic E-state index is -0.406. The van der Waals surface area contributed by atoms with E-state index in [1.807, 2.05) is 0 Å². The fraction of sp³-hybridized carbons (Fsp3) is 0.300. The Bertz CT molecular complexity index is 731. The van der Waals surface area contributed by atoms with Crippen LogP contribution in [0.15, 0.2) is 48.5 Å². The molecule has 0 bridgehead atoms. The highest BCUT2D eigenvalue weighted by atomic mass is 19.1. The lowest BCUT2D eigenvalue weighted by Crippen LogP contribution is -2.30. The number of halogens is 1. The predicted octanol–water partition coefficient (Wildman–Crippen LogP) is 3.38. The minimum absolute atomic E-state index is 0.0619. The summed E-state index contributed by atoms with van der Waals surface area (Å²) in [5, 5.41) is 2.70. The second-order valence-corrected chi connectivity index (χ2v) is 5.57. The molecule has 0 saturated heterocycles. The molecule has 0 atom stereocenters. The van der Waals surface area contributed by atoms with Gasteiger partial charge in [0.1, 0.15) is 5.75 Å². The van der Waals surface area contributed by atoms with Gasteiger partial charge in [0, 0.05) is 18.5 Å². The summed E-state index contributed by atoms with van der Waals surface area (Å²) in [6, 6.07) is 12.9. The summed E-state index contributed by atoms with van der Waals surface area (Å²) in [7, 11) is 0. The molecule has 0 unspecified atom stereocenters. The Morgan fingerprint density at radius 1 is 1.04 bits per heavy atom. The van der Waals surface area contributed by atoms with E-state index in [2.05, 4.69) is 5.32 Å². The number of Topliss-reactive ketones (excluding diaryl/α,β-unsaturated/α-hetero) is 1. The smallest absolute Gasteiger partial charge is 0.257 e. The Kier molecular flexibility index (Phi) is 7.61. The maximum absolute atomic E-state index is 13.3. The van der Waals surface area contributed by atoms with Gasteiger partial charge in [0.05, 0.1) is 6.61 Å². The number of ether oxygens (including phenoxy) is 2. The van der Waals surface area contributed by atoms with E-state index in [1.54, 1.807) is 49.4 Å². The van der Waals surface area contributed by atoms with Crippen LogP contribution >= 0.6 is 0 Å². The number of carbonyl (C=O) groups excluding carboxylic acids is 2. The normalized spacial score (nSPS) is 10.2. The average Bonchev–Trinajstić information content (AvgIpc) is 2.67. The maximum Gasteiger partial charge on any atom is 0.257 e. The molecule has 6 heteroatoms. The van der Waals surface area contributed by atoms with Crippen molar-refractivity contribution in [1.82, 2.24) is 5.32 Å². The highest BCUT2D eigenvalue weighted by Crippen LogP contribution is 2.15. The van der Waals surface area contributed by atoms with Crippen molar-refractivity contribution in [3.05, 3.63) is 59.9 Å². The molecule has 2 aromatic rings. The van der Waals surface area contributed by atoms with Crippen LogP contribution in [-0.2, 0) is 4.79 Å². The first-order chi connectivity index (χ1) is 12.6. The van der Waals surface area contributed by atoms with Crippen LogP contribution < -0.4 is 14.8 Å². The SMILES string of the molecule is CCC(=O)c1ccc(OCC(=O)NCCCOc2ccccc2F)cc1. The molecule has 0 aliphatic rings. The van der Waals surface area contributed by atoms with E-state index in [-0.39, 0.29) is 24.0 Å². The summed E-state index contributed by atoms with van der Waals surface area (Å²) in [5.74, 6) is 0.121. The van der Waals surface area contributed by atoms with Gasteiger partial charge in [-0.1, -0.05) is 19.1 Å². The van der Waals surface area contributed by atoms with E-state index < -0.39 is 5.82 Å². The van der Waals surface area contributed by atoms with E-state index in [0.717, 1.165) is 0 Å². The number of para-hydroxylation sites is 1. The Morgan fingerprint density at radius 3 is 2.46 bits per heavy atom. The van der Waals surface area contributed by atoms with Crippen LogP contribution in [0.5, 0.6) is 11.5 Å². The van der Waals surface area contributed by atoms with Crippen molar-refractivity contribution in [2.24, 2.45) is 0 Å². The molecule has 0 heterocycles. The number of hydrogen-bond donors (Lipinski definition) is 1. The van der Waals surface area contributed by atoms with Crippen molar-refractivity contribution >= 4 is 11.7 Å². The minimum Gasteiger partial charge on any atom is -0.490 e. The van der Waals surface area contributed by atoms with Gasteiger partial charge >= 0.3 is 0 Å². The van der Waals surface area contributed by atoms with Gasteiger partial charge in [-0.2, -0.15) is 0 Å². The molecule has 1 amide bonds. The van der Waals surface area contributed by atoms with Gasteiger partial charge < -0.3 is 14.8 Å². The van der Waals surface area contributed by atoms with Crippen molar-refractivity contribution in [3.8, 4) is 11.5 Å². The van der Waals surface area contributed by atoms with Gasteiger partial charge in [-0.05, 0) is 42.8 Å². The first kappa shape index (κ1) is 19.4. The standard InChI is InChI=1S/C20H22FNO4/c1-2-18(23)15-8-10-16(11-9-15)26-14-20(24)22-12-5-13-25-19-7-4-3-6-17(19)21/h3-4,6-11H,2,5,12-14H2,1H3,(H,22,24). The fourth-order valence-corrected chi connectivity index (χ4v) is 2.18. The van der Waals surface area contributed by atoms with E-state index in [4.69, 9.17) is 9.47 Å². The van der Waals surface area contributed by atoms with Crippen LogP contribution in [-0.4, -0.2) is 31.4 Å². The second kappa shape index (κ2) is 10.2. The van der Waals surface area contributed by atoms with Crippen molar-refractivity contribution < 1.29 is 23.5 Å². The molecule has 0 aliphatic carbocycles. The molecule has 0 saturated carbocycles. The predicted molar refractivity (Wildman–Crippen MR) is 96.1 cm³/mol. The number of carbonyl (C=O) groups is 2. The molecule has 0 aliphatic heterocycles. The van der Waals surface area contributed by atoms with Crippen molar-refractivity contribution in [3.63, 3.8) is 0 Å². The molecule has 2 rings (SSSR count). The topological polar surface area (TPSA) is 64.6 Å². The highest BCUT2D eigenvalue weighted by Gasteiger charge is 2.05. The Balaban J connectivity index is 1.61. The largest absolute Gasteiger partial charge is 0.490 e. The quantitative estimate of drug-likeness (QED) is 0.522. The van der Waals surface area contributed by atoms with Gasteiger partial charge in [-0.25, -0.2) is 4.39 Å². The summed E-state index contributed by atoms with van der Waals surface area (Å²) in [6.07, 6.45) is 0.997. The average molecular weight is 359 g/mol. The van der Waals surface area contributed by atoms with Crippen molar-refractivity contribution in [2.75, 3.05) is 19.8 Å². The molecule has 0 aromatic heterocycles. The zero-order valence-corrected chi connectivity index (χ0v) is 14.7. The maximum atomic E-state index is 13.3. The van der Waals surface area contributed by atoms with Crippen LogP contribution in [0.25, 0.3) is 0 Å². The van der Waals surface area contributed by atoms with Crippen LogP contribution in [0.3, 0.4) is 0 Å². The Labute approximate surface area is 152 Å². The summed E-state index contributed by atoms with van der Waals surface area (Å²) in [5.41, 5.74) is 0.624. The van der Waals surface area contributed by atoms with Crippen molar-refractivity contribution in [1.29, 1.82) is 0 Å². The molecule has 5 nitrogen and oxygen atoms in total. The molecular formula is C20H22FNO4. The van der Waals surface area contributed by atoms with Gasteiger partial charge in [0.15, 0.2) is 24.0 Å². The second-order valence-electron chi connectivity index (χ2n) is 5.57. The molecule has 0 spiro atoms. The van der Waals surface area contributed by atoms with Crippen LogP contribution in [0.4, 0.5) is 4.39 Å². The number of amides is 1. The first-order valence-electron chi connectivity index (χ1n) is 8.50. The highest BCUT2D eigenvalue weighted by molar-refractivity contribution is 5.95. The summed E-state index contributed by atoms with van der Waals surface area (Å²) >= 11 is 0. The van der Waals surface area contributed by atoms with Crippen LogP contribution in [0.2, 0.25) is 0 Å². The molecule has 2 aromatic carbocycles. The van der Waals surface area contributed by atoms with E-state index in [9.17, 15) is 14.0 Å². The zero-order chi connectivity index (χ0) is 18.8. The molecule has 1 N–H and O–H groups in total. The van der Waals surface area contributed by atoms with Gasteiger partial charge in [0.25, 0.3) is 5.91 Å². The van der Waals surface area contributed by atoms with E-state index in [0.29, 0.717) is 37.3 Å². The van der Waals surface area contributed by atoms with Crippen LogP contribution in [0, 0.1) is 5.82 Å². The number of ketones is 1. The third-order valence-corrected chi connectivity index (χ3v) is 3.60. The third-order valence-electron chi connectivity index (χ3n) is 3.60. The van der Waals surface area contributed by atoms with Gasteiger partial charge in [-0.3, -0.25) is 9.59 Å². The summed E-state index contributed by atoms with van der Waals surface area (Å²) in [6.45, 7) is 2.39. The lowest BCUT2D eigenvalue weighted by molar-refractivity contribution is -0.123. The van der Waals surface area contributed by atoms with E-state index >= 15 is 0 Å². The first-order valence-corrected chi connectivity index (χ1v) is 8.50. The van der Waals surface area contributed by atoms with Gasteiger partial charge in [0.2, 0.25) is 0 Å². The molecule has 0 radical (unpaired) electrons. The lowest BCUT2D eigenvalue weighted by atomic mass is 10.1. The number of rotatable bonds is 10. The van der Waals surface area contributed by atoms with Crippen molar-refractivity contribution in [2.45, 2.75) is 19.8 Å². The lowest BCUT2D eigenvalue weighted by Gasteiger charge is -2.09. The Hall–Kier alpha value is -2.89. The molecule has 26 heavy (non-hydrogen) atoms. The number of hydrogen-bond acceptors (Lipinski definition) is 4.